The molecule has 6 nitrogen and oxygen atoms in total. The van der Waals surface area contributed by atoms with Gasteiger partial charge >= 0.3 is 0 Å². The van der Waals surface area contributed by atoms with Crippen LogP contribution in [0.5, 0.6) is 0 Å². The van der Waals surface area contributed by atoms with Gasteiger partial charge in [0, 0.05) is 36.2 Å². The van der Waals surface area contributed by atoms with Crippen molar-refractivity contribution in [3.8, 4) is 16.9 Å². The molecule has 2 amide bonds. The Hall–Kier alpha value is -3.41. The number of rotatable bonds is 5. The number of amides is 2. The van der Waals surface area contributed by atoms with Crippen LogP contribution in [0.2, 0.25) is 0 Å². The van der Waals surface area contributed by atoms with Crippen LogP contribution < -0.4 is 5.32 Å². The van der Waals surface area contributed by atoms with Crippen LogP contribution in [-0.4, -0.2) is 45.6 Å². The van der Waals surface area contributed by atoms with Crippen LogP contribution in [0, 0.1) is 5.92 Å². The van der Waals surface area contributed by atoms with Gasteiger partial charge in [0.1, 0.15) is 0 Å². The molecule has 1 aromatic heterocycles. The Labute approximate surface area is 188 Å². The summed E-state index contributed by atoms with van der Waals surface area (Å²) < 4.78 is 1.85. The molecule has 0 radical (unpaired) electrons. The smallest absolute Gasteiger partial charge is 0.251 e. The molecule has 2 fully saturated rings. The van der Waals surface area contributed by atoms with Crippen molar-refractivity contribution >= 4 is 11.8 Å². The van der Waals surface area contributed by atoms with Gasteiger partial charge in [-0.25, -0.2) is 4.68 Å². The highest BCUT2D eigenvalue weighted by Crippen LogP contribution is 2.28. The topological polar surface area (TPSA) is 67.2 Å². The van der Waals surface area contributed by atoms with Crippen LogP contribution in [0.4, 0.5) is 0 Å². The largest absolute Gasteiger partial charge is 0.347 e. The highest BCUT2D eigenvalue weighted by atomic mass is 16.2. The Morgan fingerprint density at radius 2 is 1.75 bits per heavy atom. The summed E-state index contributed by atoms with van der Waals surface area (Å²) >= 11 is 0. The minimum Gasteiger partial charge on any atom is -0.347 e. The molecule has 6 heteroatoms. The van der Waals surface area contributed by atoms with Crippen molar-refractivity contribution in [1.29, 1.82) is 0 Å². The molecule has 2 aliphatic rings. The zero-order chi connectivity index (χ0) is 21.9. The Morgan fingerprint density at radius 1 is 0.938 bits per heavy atom. The lowest BCUT2D eigenvalue weighted by Gasteiger charge is -2.20. The number of aromatic nitrogens is 2. The molecule has 32 heavy (non-hydrogen) atoms. The van der Waals surface area contributed by atoms with Gasteiger partial charge in [0.2, 0.25) is 5.91 Å². The molecule has 1 saturated carbocycles. The molecule has 164 valence electrons. The fourth-order valence-electron chi connectivity index (χ4n) is 4.89. The summed E-state index contributed by atoms with van der Waals surface area (Å²) in [5.74, 6) is 0.350. The average Bonchev–Trinajstić information content (AvgIpc) is 3.61. The maximum absolute atomic E-state index is 13.0. The Kier molecular flexibility index (Phi) is 5.75. The van der Waals surface area contributed by atoms with Crippen LogP contribution in [-0.2, 0) is 4.79 Å². The van der Waals surface area contributed by atoms with Crippen LogP contribution in [0.1, 0.15) is 42.5 Å². The monoisotopic (exact) mass is 428 g/mol. The third kappa shape index (κ3) is 4.17. The predicted molar refractivity (Wildman–Crippen MR) is 123 cm³/mol. The number of hydrogen-bond acceptors (Lipinski definition) is 3. The Balaban J connectivity index is 1.27. The summed E-state index contributed by atoms with van der Waals surface area (Å²) in [6.07, 6.45) is 6.91. The summed E-state index contributed by atoms with van der Waals surface area (Å²) in [5, 5.41) is 7.60. The quantitative estimate of drug-likeness (QED) is 0.666. The molecule has 0 spiro atoms. The number of benzene rings is 2. The minimum atomic E-state index is -0.111. The van der Waals surface area contributed by atoms with Crippen molar-refractivity contribution < 1.29 is 9.59 Å². The maximum Gasteiger partial charge on any atom is 0.251 e. The van der Waals surface area contributed by atoms with Gasteiger partial charge in [-0.05, 0) is 43.5 Å². The molecule has 0 bridgehead atoms. The van der Waals surface area contributed by atoms with Crippen molar-refractivity contribution in [2.75, 3.05) is 13.1 Å². The van der Waals surface area contributed by atoms with Crippen LogP contribution >= 0.6 is 0 Å². The van der Waals surface area contributed by atoms with E-state index in [1.54, 1.807) is 6.20 Å². The lowest BCUT2D eigenvalue weighted by molar-refractivity contribution is -0.134. The fraction of sp³-hybridized carbons (Fsp3) is 0.346. The maximum atomic E-state index is 13.0. The summed E-state index contributed by atoms with van der Waals surface area (Å²) in [5.41, 5.74) is 3.47. The normalized spacial score (nSPS) is 18.8. The second-order valence-corrected chi connectivity index (χ2v) is 8.77. The molecule has 2 heterocycles. The summed E-state index contributed by atoms with van der Waals surface area (Å²) in [7, 11) is 0. The highest BCUT2D eigenvalue weighted by Gasteiger charge is 2.32. The van der Waals surface area contributed by atoms with Gasteiger partial charge in [-0.2, -0.15) is 5.10 Å². The highest BCUT2D eigenvalue weighted by molar-refractivity contribution is 5.95. The molecule has 2 aromatic carbocycles. The first-order valence-corrected chi connectivity index (χ1v) is 11.5. The van der Waals surface area contributed by atoms with Gasteiger partial charge in [-0.15, -0.1) is 0 Å². The zero-order valence-corrected chi connectivity index (χ0v) is 18.1. The van der Waals surface area contributed by atoms with Crippen LogP contribution in [0.25, 0.3) is 16.9 Å². The van der Waals surface area contributed by atoms with Gasteiger partial charge in [0.15, 0.2) is 0 Å². The lowest BCUT2D eigenvalue weighted by atomic mass is 10.1. The molecule has 1 aliphatic carbocycles. The van der Waals surface area contributed by atoms with E-state index in [-0.39, 0.29) is 23.8 Å². The lowest BCUT2D eigenvalue weighted by Crippen LogP contribution is -2.39. The number of carbonyl (C=O) groups excluding carboxylic acids is 2. The molecule has 1 atom stereocenters. The first-order chi connectivity index (χ1) is 15.7. The van der Waals surface area contributed by atoms with Crippen LogP contribution in [0.15, 0.2) is 66.9 Å². The Morgan fingerprint density at radius 3 is 2.56 bits per heavy atom. The van der Waals surface area contributed by atoms with Crippen molar-refractivity contribution in [3.05, 3.63) is 72.4 Å². The fourth-order valence-corrected chi connectivity index (χ4v) is 4.89. The third-order valence-corrected chi connectivity index (χ3v) is 6.60. The van der Waals surface area contributed by atoms with Crippen molar-refractivity contribution in [1.82, 2.24) is 20.0 Å². The summed E-state index contributed by atoms with van der Waals surface area (Å²) in [4.78, 5) is 27.6. The molecule has 1 aliphatic heterocycles. The van der Waals surface area contributed by atoms with Gasteiger partial charge in [-0.3, -0.25) is 9.59 Å². The SMILES string of the molecule is O=C(N[C@H]1CCN(C(=O)C2CCCC2)C1)c1cccc(-n2nccc2-c2ccccc2)c1. The van der Waals surface area contributed by atoms with Crippen LogP contribution in [0.3, 0.4) is 0 Å². The van der Waals surface area contributed by atoms with E-state index in [4.69, 9.17) is 0 Å². The van der Waals surface area contributed by atoms with Crippen molar-refractivity contribution in [2.45, 2.75) is 38.1 Å². The van der Waals surface area contributed by atoms with E-state index in [2.05, 4.69) is 10.4 Å². The first-order valence-electron chi connectivity index (χ1n) is 11.5. The van der Waals surface area contributed by atoms with Crippen molar-refractivity contribution in [3.63, 3.8) is 0 Å². The predicted octanol–water partition coefficient (Wildman–Crippen LogP) is 4.06. The summed E-state index contributed by atoms with van der Waals surface area (Å²) in [6.45, 7) is 1.34. The van der Waals surface area contributed by atoms with E-state index in [0.29, 0.717) is 12.1 Å². The van der Waals surface area contributed by atoms with E-state index in [1.807, 2.05) is 70.2 Å². The van der Waals surface area contributed by atoms with E-state index in [1.165, 1.54) is 0 Å². The molecule has 1 saturated heterocycles. The van der Waals surface area contributed by atoms with Gasteiger partial charge in [0.05, 0.1) is 17.6 Å². The van der Waals surface area contributed by atoms with E-state index in [0.717, 1.165) is 55.6 Å². The number of nitrogens with one attached hydrogen (secondary N) is 1. The Bertz CT molecular complexity index is 1100. The number of hydrogen-bond donors (Lipinski definition) is 1. The second-order valence-electron chi connectivity index (χ2n) is 8.77. The molecule has 1 N–H and O–H groups in total. The summed E-state index contributed by atoms with van der Waals surface area (Å²) in [6, 6.07) is 19.6. The zero-order valence-electron chi connectivity index (χ0n) is 18.1. The number of likely N-dealkylation sites (tertiary alicyclic amines) is 1. The second kappa shape index (κ2) is 8.99. The molecular weight excluding hydrogens is 400 g/mol. The van der Waals surface area contributed by atoms with E-state index in [9.17, 15) is 9.59 Å². The van der Waals surface area contributed by atoms with Gasteiger partial charge in [0.25, 0.3) is 5.91 Å². The standard InChI is InChI=1S/C26H28N4O2/c31-25(28-22-14-16-29(18-22)26(32)20-9-4-5-10-20)21-11-6-12-23(17-21)30-24(13-15-27-30)19-7-2-1-3-8-19/h1-3,6-8,11-13,15,17,20,22H,4-5,9-10,14,16,18H2,(H,28,31)/t22-/m0/s1. The molecular formula is C26H28N4O2. The third-order valence-electron chi connectivity index (χ3n) is 6.60. The minimum absolute atomic E-state index is 0.00101. The molecule has 0 unspecified atom stereocenters. The first kappa shape index (κ1) is 20.5. The van der Waals surface area contributed by atoms with Gasteiger partial charge < -0.3 is 10.2 Å². The van der Waals surface area contributed by atoms with Gasteiger partial charge in [-0.1, -0.05) is 49.2 Å². The van der Waals surface area contributed by atoms with Crippen molar-refractivity contribution in [2.24, 2.45) is 5.92 Å². The number of carbonyl (C=O) groups is 2. The van der Waals surface area contributed by atoms with E-state index >= 15 is 0 Å². The van der Waals surface area contributed by atoms with E-state index < -0.39 is 0 Å². The number of nitrogens with zero attached hydrogens (tertiary/aromatic N) is 3. The average molecular weight is 429 g/mol. The molecule has 3 aromatic rings. The molecule has 5 rings (SSSR count).